The van der Waals surface area contributed by atoms with Crippen LogP contribution < -0.4 is 4.74 Å². The van der Waals surface area contributed by atoms with Crippen LogP contribution in [-0.4, -0.2) is 32.6 Å². The van der Waals surface area contributed by atoms with E-state index in [4.69, 9.17) is 4.74 Å². The van der Waals surface area contributed by atoms with Gasteiger partial charge in [-0.25, -0.2) is 4.68 Å². The van der Waals surface area contributed by atoms with Crippen molar-refractivity contribution in [2.45, 2.75) is 12.1 Å². The van der Waals surface area contributed by atoms with E-state index >= 15 is 0 Å². The predicted molar refractivity (Wildman–Crippen MR) is 66.2 cm³/mol. The third-order valence-electron chi connectivity index (χ3n) is 2.19. The first kappa shape index (κ1) is 11.9. The second-order valence-electron chi connectivity index (χ2n) is 3.60. The molecule has 0 saturated carbocycles. The number of hydrogen-bond donors (Lipinski definition) is 0. The van der Waals surface area contributed by atoms with Crippen LogP contribution in [0.2, 0.25) is 0 Å². The van der Waals surface area contributed by atoms with E-state index < -0.39 is 0 Å². The minimum absolute atomic E-state index is 0.639. The number of aromatic nitrogens is 4. The maximum absolute atomic E-state index is 5.60. The molecular weight excluding hydrogens is 236 g/mol. The molecule has 0 atom stereocenters. The Hall–Kier alpha value is -1.56. The van der Waals surface area contributed by atoms with Crippen LogP contribution in [-0.2, 0) is 7.05 Å². The number of nitrogens with zero attached hydrogens (tertiary/aromatic N) is 4. The maximum Gasteiger partial charge on any atom is 0.209 e. The Morgan fingerprint density at radius 3 is 2.71 bits per heavy atom. The Morgan fingerprint density at radius 1 is 1.29 bits per heavy atom. The van der Waals surface area contributed by atoms with Gasteiger partial charge in [-0.1, -0.05) is 29.5 Å². The van der Waals surface area contributed by atoms with Gasteiger partial charge >= 0.3 is 0 Å². The smallest absolute Gasteiger partial charge is 0.209 e. The van der Waals surface area contributed by atoms with E-state index in [-0.39, 0.29) is 0 Å². The van der Waals surface area contributed by atoms with E-state index in [0.717, 1.165) is 16.7 Å². The zero-order chi connectivity index (χ0) is 12.1. The molecular formula is C11H14N4OS. The van der Waals surface area contributed by atoms with Crippen molar-refractivity contribution in [1.82, 2.24) is 20.2 Å². The lowest BCUT2D eigenvalue weighted by molar-refractivity contribution is 0.343. The highest BCUT2D eigenvalue weighted by Gasteiger charge is 2.02. The number of aryl methyl sites for hydroxylation is 2. The average Bonchev–Trinajstić information content (AvgIpc) is 2.73. The molecule has 0 aliphatic carbocycles. The number of thioether (sulfide) groups is 1. The normalized spacial score (nSPS) is 10.5. The summed E-state index contributed by atoms with van der Waals surface area (Å²) in [5, 5.41) is 12.0. The molecule has 1 heterocycles. The zero-order valence-electron chi connectivity index (χ0n) is 9.83. The monoisotopic (exact) mass is 250 g/mol. The number of hydrogen-bond acceptors (Lipinski definition) is 5. The first-order valence-corrected chi connectivity index (χ1v) is 6.29. The Bertz CT molecular complexity index is 469. The fourth-order valence-corrected chi connectivity index (χ4v) is 1.94. The summed E-state index contributed by atoms with van der Waals surface area (Å²) in [5.41, 5.74) is 1.23. The Labute approximate surface area is 104 Å². The molecule has 90 valence electrons. The molecule has 1 aromatic carbocycles. The number of ether oxygens (including phenoxy) is 1. The van der Waals surface area contributed by atoms with Crippen molar-refractivity contribution in [3.63, 3.8) is 0 Å². The lowest BCUT2D eigenvalue weighted by Crippen LogP contribution is -2.01. The SMILES string of the molecule is Cc1ccc(OCCSc2nnnn2C)cc1. The van der Waals surface area contributed by atoms with E-state index in [1.54, 1.807) is 16.4 Å². The van der Waals surface area contributed by atoms with Crippen molar-refractivity contribution in [2.75, 3.05) is 12.4 Å². The van der Waals surface area contributed by atoms with E-state index in [1.807, 2.05) is 31.3 Å². The topological polar surface area (TPSA) is 52.8 Å². The summed E-state index contributed by atoms with van der Waals surface area (Å²) in [6.07, 6.45) is 0. The third kappa shape index (κ3) is 3.45. The summed E-state index contributed by atoms with van der Waals surface area (Å²) in [6, 6.07) is 8.03. The summed E-state index contributed by atoms with van der Waals surface area (Å²) in [4.78, 5) is 0. The molecule has 17 heavy (non-hydrogen) atoms. The van der Waals surface area contributed by atoms with Crippen LogP contribution in [0, 0.1) is 6.92 Å². The van der Waals surface area contributed by atoms with Crippen molar-refractivity contribution in [3.05, 3.63) is 29.8 Å². The summed E-state index contributed by atoms with van der Waals surface area (Å²) in [7, 11) is 1.82. The molecule has 0 fully saturated rings. The molecule has 0 aliphatic rings. The third-order valence-corrected chi connectivity index (χ3v) is 3.16. The summed E-state index contributed by atoms with van der Waals surface area (Å²) in [5.74, 6) is 1.72. The van der Waals surface area contributed by atoms with E-state index in [0.29, 0.717) is 6.61 Å². The van der Waals surface area contributed by atoms with Gasteiger partial charge in [-0.05, 0) is 29.5 Å². The van der Waals surface area contributed by atoms with Gasteiger partial charge in [0.2, 0.25) is 5.16 Å². The Morgan fingerprint density at radius 2 is 2.06 bits per heavy atom. The lowest BCUT2D eigenvalue weighted by Gasteiger charge is -2.05. The summed E-state index contributed by atoms with van der Waals surface area (Å²) < 4.78 is 7.25. The van der Waals surface area contributed by atoms with Gasteiger partial charge in [-0.2, -0.15) is 0 Å². The molecule has 0 spiro atoms. The van der Waals surface area contributed by atoms with Crippen LogP contribution >= 0.6 is 11.8 Å². The second kappa shape index (κ2) is 5.67. The van der Waals surface area contributed by atoms with E-state index in [1.165, 1.54) is 5.56 Å². The van der Waals surface area contributed by atoms with Crippen LogP contribution in [0.5, 0.6) is 5.75 Å². The minimum Gasteiger partial charge on any atom is -0.493 e. The van der Waals surface area contributed by atoms with Crippen LogP contribution in [0.3, 0.4) is 0 Å². The fraction of sp³-hybridized carbons (Fsp3) is 0.364. The Balaban J connectivity index is 1.73. The largest absolute Gasteiger partial charge is 0.493 e. The molecule has 5 nitrogen and oxygen atoms in total. The number of rotatable bonds is 5. The van der Waals surface area contributed by atoms with Crippen LogP contribution in [0.15, 0.2) is 29.4 Å². The maximum atomic E-state index is 5.60. The quantitative estimate of drug-likeness (QED) is 0.597. The zero-order valence-corrected chi connectivity index (χ0v) is 10.6. The van der Waals surface area contributed by atoms with Gasteiger partial charge in [-0.15, -0.1) is 5.10 Å². The van der Waals surface area contributed by atoms with E-state index in [9.17, 15) is 0 Å². The van der Waals surface area contributed by atoms with Crippen LogP contribution in [0.4, 0.5) is 0 Å². The highest BCUT2D eigenvalue weighted by atomic mass is 32.2. The number of tetrazole rings is 1. The van der Waals surface area contributed by atoms with Crippen molar-refractivity contribution in [3.8, 4) is 5.75 Å². The van der Waals surface area contributed by atoms with E-state index in [2.05, 4.69) is 22.4 Å². The number of benzene rings is 1. The first-order valence-electron chi connectivity index (χ1n) is 5.30. The molecule has 0 bridgehead atoms. The molecule has 6 heteroatoms. The molecule has 0 saturated heterocycles. The highest BCUT2D eigenvalue weighted by Crippen LogP contribution is 2.14. The molecule has 1 aromatic heterocycles. The van der Waals surface area contributed by atoms with Crippen molar-refractivity contribution >= 4 is 11.8 Å². The molecule has 2 aromatic rings. The van der Waals surface area contributed by atoms with Gasteiger partial charge in [0.1, 0.15) is 5.75 Å². The fourth-order valence-electron chi connectivity index (χ4n) is 1.27. The van der Waals surface area contributed by atoms with Crippen molar-refractivity contribution in [2.24, 2.45) is 7.05 Å². The molecule has 0 amide bonds. The van der Waals surface area contributed by atoms with Gasteiger partial charge in [0.15, 0.2) is 0 Å². The predicted octanol–water partition coefficient (Wildman–Crippen LogP) is 1.69. The summed E-state index contributed by atoms with van der Waals surface area (Å²) in [6.45, 7) is 2.70. The molecule has 0 radical (unpaired) electrons. The van der Waals surface area contributed by atoms with Crippen molar-refractivity contribution < 1.29 is 4.74 Å². The van der Waals surface area contributed by atoms with Crippen molar-refractivity contribution in [1.29, 1.82) is 0 Å². The standard InChI is InChI=1S/C11H14N4OS/c1-9-3-5-10(6-4-9)16-7-8-17-11-12-13-14-15(11)2/h3-6H,7-8H2,1-2H3. The molecule has 2 rings (SSSR count). The molecule has 0 aliphatic heterocycles. The molecule has 0 unspecified atom stereocenters. The molecule has 0 N–H and O–H groups in total. The van der Waals surface area contributed by atoms with Crippen LogP contribution in [0.25, 0.3) is 0 Å². The van der Waals surface area contributed by atoms with Gasteiger partial charge < -0.3 is 4.74 Å². The average molecular weight is 250 g/mol. The van der Waals surface area contributed by atoms with Gasteiger partial charge in [0.25, 0.3) is 0 Å². The Kier molecular flexibility index (Phi) is 3.98. The lowest BCUT2D eigenvalue weighted by atomic mass is 10.2. The highest BCUT2D eigenvalue weighted by molar-refractivity contribution is 7.99. The first-order chi connectivity index (χ1) is 8.25. The van der Waals surface area contributed by atoms with Gasteiger partial charge in [0, 0.05) is 12.8 Å². The van der Waals surface area contributed by atoms with Crippen LogP contribution in [0.1, 0.15) is 5.56 Å². The second-order valence-corrected chi connectivity index (χ2v) is 4.66. The minimum atomic E-state index is 0.639. The van der Waals surface area contributed by atoms with Gasteiger partial charge in [0.05, 0.1) is 6.61 Å². The summed E-state index contributed by atoms with van der Waals surface area (Å²) >= 11 is 1.58. The van der Waals surface area contributed by atoms with Gasteiger partial charge in [-0.3, -0.25) is 0 Å².